The van der Waals surface area contributed by atoms with Gasteiger partial charge in [0.1, 0.15) is 0 Å². The number of nitrogens with zero attached hydrogens (tertiary/aromatic N) is 1. The summed E-state index contributed by atoms with van der Waals surface area (Å²) in [5, 5.41) is 2.95. The number of anilines is 2. The van der Waals surface area contributed by atoms with Gasteiger partial charge in [-0.2, -0.15) is 0 Å². The Morgan fingerprint density at radius 2 is 1.78 bits per heavy atom. The standard InChI is InChI=1S/C22H28N2O3/c1-4-26-20-11-6-17(14-21(20)27-5-2)22(25)23-18-7-9-19(10-8-18)24-13-12-16(3)15-24/h6-11,14,16H,4-5,12-13,15H2,1-3H3,(H,23,25). The van der Waals surface area contributed by atoms with Crippen LogP contribution in [0.3, 0.4) is 0 Å². The van der Waals surface area contributed by atoms with Crippen molar-refractivity contribution in [2.75, 3.05) is 36.5 Å². The Hall–Kier alpha value is -2.69. The van der Waals surface area contributed by atoms with Gasteiger partial charge in [0.25, 0.3) is 5.91 Å². The van der Waals surface area contributed by atoms with Gasteiger partial charge in [-0.25, -0.2) is 0 Å². The van der Waals surface area contributed by atoms with E-state index in [1.54, 1.807) is 18.2 Å². The molecule has 1 unspecified atom stereocenters. The average Bonchev–Trinajstić information content (AvgIpc) is 3.10. The van der Waals surface area contributed by atoms with Crippen molar-refractivity contribution in [3.8, 4) is 11.5 Å². The van der Waals surface area contributed by atoms with Gasteiger partial charge in [0.05, 0.1) is 13.2 Å². The number of nitrogens with one attached hydrogen (secondary N) is 1. The summed E-state index contributed by atoms with van der Waals surface area (Å²) in [6.07, 6.45) is 1.23. The molecular formula is C22H28N2O3. The van der Waals surface area contributed by atoms with Crippen molar-refractivity contribution in [2.24, 2.45) is 5.92 Å². The first-order valence-electron chi connectivity index (χ1n) is 9.66. The predicted octanol–water partition coefficient (Wildman–Crippen LogP) is 4.58. The molecule has 0 radical (unpaired) electrons. The normalized spacial score (nSPS) is 16.3. The Morgan fingerprint density at radius 1 is 1.07 bits per heavy atom. The molecule has 3 rings (SSSR count). The number of hydrogen-bond acceptors (Lipinski definition) is 4. The van der Waals surface area contributed by atoms with Crippen molar-refractivity contribution in [3.05, 3.63) is 48.0 Å². The SMILES string of the molecule is CCOc1ccc(C(=O)Nc2ccc(N3CCC(C)C3)cc2)cc1OCC. The van der Waals surface area contributed by atoms with Crippen molar-refractivity contribution in [1.29, 1.82) is 0 Å². The van der Waals surface area contributed by atoms with Gasteiger partial charge in [-0.3, -0.25) is 4.79 Å². The number of carbonyl (C=O) groups excluding carboxylic acids is 1. The molecule has 2 aromatic rings. The summed E-state index contributed by atoms with van der Waals surface area (Å²) < 4.78 is 11.2. The molecule has 5 heteroatoms. The summed E-state index contributed by atoms with van der Waals surface area (Å²) >= 11 is 0. The van der Waals surface area contributed by atoms with Crippen LogP contribution in [0, 0.1) is 5.92 Å². The van der Waals surface area contributed by atoms with Gasteiger partial charge >= 0.3 is 0 Å². The van der Waals surface area contributed by atoms with Gasteiger partial charge in [-0.1, -0.05) is 6.92 Å². The van der Waals surface area contributed by atoms with Crippen LogP contribution in [0.1, 0.15) is 37.6 Å². The van der Waals surface area contributed by atoms with E-state index >= 15 is 0 Å². The maximum absolute atomic E-state index is 12.6. The Bertz CT molecular complexity index is 774. The van der Waals surface area contributed by atoms with E-state index in [1.807, 2.05) is 26.0 Å². The first-order valence-corrected chi connectivity index (χ1v) is 9.66. The molecule has 1 aliphatic heterocycles. The highest BCUT2D eigenvalue weighted by Crippen LogP contribution is 2.29. The molecule has 1 atom stereocenters. The van der Waals surface area contributed by atoms with Crippen LogP contribution in [0.2, 0.25) is 0 Å². The first kappa shape index (κ1) is 19.1. The first-order chi connectivity index (χ1) is 13.1. The minimum atomic E-state index is -0.165. The summed E-state index contributed by atoms with van der Waals surface area (Å²) in [6.45, 7) is 9.36. The van der Waals surface area contributed by atoms with Crippen LogP contribution in [0.5, 0.6) is 11.5 Å². The fourth-order valence-corrected chi connectivity index (χ4v) is 3.32. The van der Waals surface area contributed by atoms with Gasteiger partial charge in [0.2, 0.25) is 0 Å². The maximum Gasteiger partial charge on any atom is 0.255 e. The van der Waals surface area contributed by atoms with Crippen molar-refractivity contribution < 1.29 is 14.3 Å². The molecule has 2 aromatic carbocycles. The highest BCUT2D eigenvalue weighted by Gasteiger charge is 2.19. The lowest BCUT2D eigenvalue weighted by molar-refractivity contribution is 0.102. The molecular weight excluding hydrogens is 340 g/mol. The fraction of sp³-hybridized carbons (Fsp3) is 0.409. The molecule has 0 aliphatic carbocycles. The monoisotopic (exact) mass is 368 g/mol. The summed E-state index contributed by atoms with van der Waals surface area (Å²) in [5.41, 5.74) is 2.53. The van der Waals surface area contributed by atoms with E-state index in [1.165, 1.54) is 12.1 Å². The minimum Gasteiger partial charge on any atom is -0.490 e. The Kier molecular flexibility index (Phi) is 6.22. The highest BCUT2D eigenvalue weighted by atomic mass is 16.5. The fourth-order valence-electron chi connectivity index (χ4n) is 3.32. The molecule has 1 amide bonds. The third kappa shape index (κ3) is 4.73. The third-order valence-corrected chi connectivity index (χ3v) is 4.72. The molecule has 0 bridgehead atoms. The smallest absolute Gasteiger partial charge is 0.255 e. The topological polar surface area (TPSA) is 50.8 Å². The summed E-state index contributed by atoms with van der Waals surface area (Å²) in [7, 11) is 0. The number of carbonyl (C=O) groups is 1. The predicted molar refractivity (Wildman–Crippen MR) is 109 cm³/mol. The zero-order chi connectivity index (χ0) is 19.2. The molecule has 0 saturated carbocycles. The van der Waals surface area contributed by atoms with Gasteiger partial charge in [-0.15, -0.1) is 0 Å². The van der Waals surface area contributed by atoms with E-state index in [4.69, 9.17) is 9.47 Å². The second kappa shape index (κ2) is 8.80. The number of amides is 1. The second-order valence-corrected chi connectivity index (χ2v) is 6.87. The minimum absolute atomic E-state index is 0.165. The molecule has 27 heavy (non-hydrogen) atoms. The van der Waals surface area contributed by atoms with Crippen LogP contribution in [0.25, 0.3) is 0 Å². The Balaban J connectivity index is 1.68. The molecule has 1 aliphatic rings. The van der Waals surface area contributed by atoms with Crippen molar-refractivity contribution in [2.45, 2.75) is 27.2 Å². The highest BCUT2D eigenvalue weighted by molar-refractivity contribution is 6.04. The quantitative estimate of drug-likeness (QED) is 0.777. The van der Waals surface area contributed by atoms with E-state index < -0.39 is 0 Å². The van der Waals surface area contributed by atoms with Gasteiger partial charge < -0.3 is 19.7 Å². The summed E-state index contributed by atoms with van der Waals surface area (Å²) in [6, 6.07) is 13.3. The number of ether oxygens (including phenoxy) is 2. The van der Waals surface area contributed by atoms with Crippen molar-refractivity contribution in [1.82, 2.24) is 0 Å². The van der Waals surface area contributed by atoms with Crippen LogP contribution >= 0.6 is 0 Å². The molecule has 144 valence electrons. The Labute approximate surface area is 161 Å². The molecule has 5 nitrogen and oxygen atoms in total. The van der Waals surface area contributed by atoms with Crippen LogP contribution in [-0.4, -0.2) is 32.2 Å². The van der Waals surface area contributed by atoms with Gasteiger partial charge in [-0.05, 0) is 68.7 Å². The third-order valence-electron chi connectivity index (χ3n) is 4.72. The molecule has 1 saturated heterocycles. The van der Waals surface area contributed by atoms with E-state index in [2.05, 4.69) is 29.3 Å². The van der Waals surface area contributed by atoms with Crippen LogP contribution in [-0.2, 0) is 0 Å². The lowest BCUT2D eigenvalue weighted by Crippen LogP contribution is -2.19. The largest absolute Gasteiger partial charge is 0.490 e. The lowest BCUT2D eigenvalue weighted by Gasteiger charge is -2.18. The van der Waals surface area contributed by atoms with E-state index in [9.17, 15) is 4.79 Å². The van der Waals surface area contributed by atoms with Crippen LogP contribution in [0.15, 0.2) is 42.5 Å². The van der Waals surface area contributed by atoms with Gasteiger partial charge in [0, 0.05) is 30.0 Å². The van der Waals surface area contributed by atoms with E-state index in [-0.39, 0.29) is 5.91 Å². The second-order valence-electron chi connectivity index (χ2n) is 6.87. The van der Waals surface area contributed by atoms with Crippen molar-refractivity contribution in [3.63, 3.8) is 0 Å². The number of rotatable bonds is 7. The number of benzene rings is 2. The summed E-state index contributed by atoms with van der Waals surface area (Å²) in [5.74, 6) is 1.82. The van der Waals surface area contributed by atoms with E-state index in [0.29, 0.717) is 30.3 Å². The number of hydrogen-bond donors (Lipinski definition) is 1. The Morgan fingerprint density at radius 3 is 2.41 bits per heavy atom. The molecule has 0 aromatic heterocycles. The zero-order valence-corrected chi connectivity index (χ0v) is 16.3. The summed E-state index contributed by atoms with van der Waals surface area (Å²) in [4.78, 5) is 15.0. The van der Waals surface area contributed by atoms with Crippen molar-refractivity contribution >= 4 is 17.3 Å². The maximum atomic E-state index is 12.6. The van der Waals surface area contributed by atoms with Crippen LogP contribution < -0.4 is 19.7 Å². The average molecular weight is 368 g/mol. The van der Waals surface area contributed by atoms with E-state index in [0.717, 1.165) is 24.7 Å². The lowest BCUT2D eigenvalue weighted by atomic mass is 10.1. The molecule has 1 heterocycles. The molecule has 1 fully saturated rings. The zero-order valence-electron chi connectivity index (χ0n) is 16.3. The molecule has 1 N–H and O–H groups in total. The van der Waals surface area contributed by atoms with Crippen LogP contribution in [0.4, 0.5) is 11.4 Å². The van der Waals surface area contributed by atoms with Gasteiger partial charge in [0.15, 0.2) is 11.5 Å². The molecule has 0 spiro atoms.